The second-order valence-corrected chi connectivity index (χ2v) is 2.72. The summed E-state index contributed by atoms with van der Waals surface area (Å²) in [5, 5.41) is 8.71. The Labute approximate surface area is 76.7 Å². The number of carbonyl (C=O) groups is 1. The Kier molecular flexibility index (Phi) is 3.08. The summed E-state index contributed by atoms with van der Waals surface area (Å²) in [6.45, 7) is 2.39. The second-order valence-electron chi connectivity index (χ2n) is 2.72. The van der Waals surface area contributed by atoms with Gasteiger partial charge >= 0.3 is 5.97 Å². The molecule has 13 heavy (non-hydrogen) atoms. The van der Waals surface area contributed by atoms with Gasteiger partial charge in [0.05, 0.1) is 19.3 Å². The van der Waals surface area contributed by atoms with E-state index in [4.69, 9.17) is 5.11 Å². The molecule has 0 aromatic carbocycles. The number of esters is 1. The molecule has 4 heteroatoms. The predicted octanol–water partition coefficient (Wildman–Crippen LogP) is 0.575. The highest BCUT2D eigenvalue weighted by Gasteiger charge is 2.11. The summed E-state index contributed by atoms with van der Waals surface area (Å²) in [5.74, 6) is -0.339. The van der Waals surface area contributed by atoms with E-state index in [1.54, 1.807) is 12.3 Å². The lowest BCUT2D eigenvalue weighted by Gasteiger charge is -2.03. The van der Waals surface area contributed by atoms with Gasteiger partial charge in [-0.05, 0) is 13.0 Å². The molecule has 1 aromatic rings. The van der Waals surface area contributed by atoms with Crippen molar-refractivity contribution in [3.63, 3.8) is 0 Å². The Balaban J connectivity index is 2.92. The summed E-state index contributed by atoms with van der Waals surface area (Å²) in [5.41, 5.74) is 1.37. The smallest absolute Gasteiger partial charge is 0.339 e. The van der Waals surface area contributed by atoms with Crippen molar-refractivity contribution >= 4 is 5.97 Å². The van der Waals surface area contributed by atoms with E-state index in [0.717, 1.165) is 5.69 Å². The maximum atomic E-state index is 11.2. The molecule has 0 saturated heterocycles. The van der Waals surface area contributed by atoms with Crippen LogP contribution in [0.3, 0.4) is 0 Å². The molecule has 0 amide bonds. The Hall–Kier alpha value is -1.29. The van der Waals surface area contributed by atoms with Gasteiger partial charge in [0.1, 0.15) is 0 Å². The van der Waals surface area contributed by atoms with Crippen LogP contribution in [-0.2, 0) is 11.3 Å². The van der Waals surface area contributed by atoms with Crippen molar-refractivity contribution in [3.05, 3.63) is 23.5 Å². The van der Waals surface area contributed by atoms with Crippen molar-refractivity contribution in [2.24, 2.45) is 0 Å². The van der Waals surface area contributed by atoms with Crippen LogP contribution in [0, 0.1) is 6.92 Å². The summed E-state index contributed by atoms with van der Waals surface area (Å²) in [4.78, 5) is 11.2. The average molecular weight is 183 g/mol. The summed E-state index contributed by atoms with van der Waals surface area (Å²) < 4.78 is 6.41. The van der Waals surface area contributed by atoms with Crippen LogP contribution in [0.25, 0.3) is 0 Å². The fourth-order valence-corrected chi connectivity index (χ4v) is 1.23. The molecular weight excluding hydrogens is 170 g/mol. The van der Waals surface area contributed by atoms with Crippen LogP contribution < -0.4 is 0 Å². The van der Waals surface area contributed by atoms with Crippen molar-refractivity contribution < 1.29 is 14.6 Å². The van der Waals surface area contributed by atoms with Crippen molar-refractivity contribution in [3.8, 4) is 0 Å². The molecule has 1 N–H and O–H groups in total. The molecule has 0 fully saturated rings. The fourth-order valence-electron chi connectivity index (χ4n) is 1.23. The standard InChI is InChI=1S/C9H13NO3/c1-7-8(9(12)13-2)3-4-10(7)5-6-11/h3-4,11H,5-6H2,1-2H3. The molecule has 72 valence electrons. The summed E-state index contributed by atoms with van der Waals surface area (Å²) >= 11 is 0. The zero-order chi connectivity index (χ0) is 9.84. The maximum absolute atomic E-state index is 11.2. The quantitative estimate of drug-likeness (QED) is 0.697. The highest BCUT2D eigenvalue weighted by Crippen LogP contribution is 2.10. The largest absolute Gasteiger partial charge is 0.465 e. The molecule has 0 aliphatic rings. The topological polar surface area (TPSA) is 51.5 Å². The molecule has 1 rings (SSSR count). The average Bonchev–Trinajstić information content (AvgIpc) is 2.48. The molecule has 0 saturated carbocycles. The number of rotatable bonds is 3. The minimum absolute atomic E-state index is 0.0656. The van der Waals surface area contributed by atoms with E-state index in [-0.39, 0.29) is 12.6 Å². The number of hydrogen-bond donors (Lipinski definition) is 1. The Morgan fingerprint density at radius 3 is 2.92 bits per heavy atom. The molecule has 4 nitrogen and oxygen atoms in total. The molecule has 1 aromatic heterocycles. The number of methoxy groups -OCH3 is 1. The van der Waals surface area contributed by atoms with Gasteiger partial charge in [-0.3, -0.25) is 0 Å². The molecule has 0 atom stereocenters. The van der Waals surface area contributed by atoms with Gasteiger partial charge in [-0.1, -0.05) is 0 Å². The van der Waals surface area contributed by atoms with Crippen LogP contribution in [0.15, 0.2) is 12.3 Å². The highest BCUT2D eigenvalue weighted by molar-refractivity contribution is 5.90. The van der Waals surface area contributed by atoms with E-state index in [1.165, 1.54) is 7.11 Å². The number of aromatic nitrogens is 1. The lowest BCUT2D eigenvalue weighted by molar-refractivity contribution is 0.0599. The first-order chi connectivity index (χ1) is 6.20. The van der Waals surface area contributed by atoms with Gasteiger partial charge < -0.3 is 14.4 Å². The summed E-state index contributed by atoms with van der Waals surface area (Å²) in [7, 11) is 1.35. The Bertz CT molecular complexity index is 304. The Morgan fingerprint density at radius 1 is 1.69 bits per heavy atom. The van der Waals surface area contributed by atoms with E-state index < -0.39 is 0 Å². The minimum Gasteiger partial charge on any atom is -0.465 e. The van der Waals surface area contributed by atoms with Crippen molar-refractivity contribution in [2.75, 3.05) is 13.7 Å². The van der Waals surface area contributed by atoms with Gasteiger partial charge in [-0.2, -0.15) is 0 Å². The van der Waals surface area contributed by atoms with E-state index in [2.05, 4.69) is 4.74 Å². The van der Waals surface area contributed by atoms with E-state index in [0.29, 0.717) is 12.1 Å². The predicted molar refractivity (Wildman–Crippen MR) is 47.6 cm³/mol. The van der Waals surface area contributed by atoms with Crippen molar-refractivity contribution in [2.45, 2.75) is 13.5 Å². The van der Waals surface area contributed by atoms with E-state index >= 15 is 0 Å². The SMILES string of the molecule is COC(=O)c1ccn(CCO)c1C. The number of nitrogens with zero attached hydrogens (tertiary/aromatic N) is 1. The molecular formula is C9H13NO3. The molecule has 0 aliphatic carbocycles. The number of ether oxygens (including phenoxy) is 1. The molecule has 0 spiro atoms. The number of aliphatic hydroxyl groups is 1. The van der Waals surface area contributed by atoms with Crippen LogP contribution in [0.2, 0.25) is 0 Å². The normalized spacial score (nSPS) is 10.1. The van der Waals surface area contributed by atoms with Gasteiger partial charge in [-0.25, -0.2) is 4.79 Å². The van der Waals surface area contributed by atoms with Crippen LogP contribution in [0.1, 0.15) is 16.1 Å². The highest BCUT2D eigenvalue weighted by atomic mass is 16.5. The third-order valence-corrected chi connectivity index (χ3v) is 1.99. The van der Waals surface area contributed by atoms with Gasteiger partial charge in [-0.15, -0.1) is 0 Å². The molecule has 0 radical (unpaired) electrons. The molecule has 0 unspecified atom stereocenters. The first-order valence-electron chi connectivity index (χ1n) is 4.05. The molecule has 1 heterocycles. The zero-order valence-electron chi connectivity index (χ0n) is 7.78. The third-order valence-electron chi connectivity index (χ3n) is 1.99. The van der Waals surface area contributed by atoms with Crippen molar-refractivity contribution in [1.29, 1.82) is 0 Å². The van der Waals surface area contributed by atoms with Crippen LogP contribution in [-0.4, -0.2) is 29.4 Å². The number of hydrogen-bond acceptors (Lipinski definition) is 3. The minimum atomic E-state index is -0.339. The first-order valence-corrected chi connectivity index (χ1v) is 4.05. The van der Waals surface area contributed by atoms with E-state index in [9.17, 15) is 4.79 Å². The van der Waals surface area contributed by atoms with E-state index in [1.807, 2.05) is 11.5 Å². The Morgan fingerprint density at radius 2 is 2.38 bits per heavy atom. The lowest BCUT2D eigenvalue weighted by Crippen LogP contribution is -2.06. The monoisotopic (exact) mass is 183 g/mol. The fraction of sp³-hybridized carbons (Fsp3) is 0.444. The second kappa shape index (κ2) is 4.09. The van der Waals surface area contributed by atoms with Crippen molar-refractivity contribution in [1.82, 2.24) is 4.57 Å². The van der Waals surface area contributed by atoms with Crippen LogP contribution >= 0.6 is 0 Å². The summed E-state index contributed by atoms with van der Waals surface area (Å²) in [6.07, 6.45) is 1.76. The first kappa shape index (κ1) is 9.80. The number of aliphatic hydroxyl groups excluding tert-OH is 1. The lowest BCUT2D eigenvalue weighted by atomic mass is 10.2. The summed E-state index contributed by atoms with van der Waals surface area (Å²) in [6, 6.07) is 1.69. The third kappa shape index (κ3) is 1.89. The van der Waals surface area contributed by atoms with Crippen LogP contribution in [0.4, 0.5) is 0 Å². The van der Waals surface area contributed by atoms with Gasteiger partial charge in [0.25, 0.3) is 0 Å². The molecule has 0 aliphatic heterocycles. The van der Waals surface area contributed by atoms with Crippen LogP contribution in [0.5, 0.6) is 0 Å². The number of carbonyl (C=O) groups excluding carboxylic acids is 1. The van der Waals surface area contributed by atoms with Gasteiger partial charge in [0.2, 0.25) is 0 Å². The van der Waals surface area contributed by atoms with Gasteiger partial charge in [0.15, 0.2) is 0 Å². The zero-order valence-corrected chi connectivity index (χ0v) is 7.78. The molecule has 0 bridgehead atoms. The van der Waals surface area contributed by atoms with Gasteiger partial charge in [0, 0.05) is 18.4 Å². The maximum Gasteiger partial charge on any atom is 0.339 e.